The SMILES string of the molecule is CNC(=O)C(c1ccc(Cl)c(Cl)c1)[C@H](CN1CC[C@H](N)C1)c1ccccc1. The molecule has 1 heterocycles. The maximum atomic E-state index is 12.9. The standard InChI is InChI=1S/C21H25Cl2N3O/c1-25-21(27)20(15-7-8-18(22)19(23)11-15)17(14-5-3-2-4-6-14)13-26-10-9-16(24)12-26/h2-8,11,16-17,20H,9-10,12-13,24H2,1H3,(H,25,27)/t16-,17+,20?/m0/s1. The third-order valence-electron chi connectivity index (χ3n) is 5.23. The van der Waals surface area contributed by atoms with Crippen LogP contribution in [-0.2, 0) is 4.79 Å². The molecule has 0 aromatic heterocycles. The summed E-state index contributed by atoms with van der Waals surface area (Å²) in [5.74, 6) is -0.427. The van der Waals surface area contributed by atoms with Gasteiger partial charge in [0, 0.05) is 32.1 Å². The topological polar surface area (TPSA) is 58.4 Å². The van der Waals surface area contributed by atoms with Gasteiger partial charge >= 0.3 is 0 Å². The highest BCUT2D eigenvalue weighted by Crippen LogP contribution is 2.37. The summed E-state index contributed by atoms with van der Waals surface area (Å²) in [6, 6.07) is 15.8. The molecule has 4 nitrogen and oxygen atoms in total. The number of hydrogen-bond acceptors (Lipinski definition) is 3. The molecular formula is C21H25Cl2N3O. The number of likely N-dealkylation sites (tertiary alicyclic amines) is 1. The lowest BCUT2D eigenvalue weighted by Gasteiger charge is -2.31. The second kappa shape index (κ2) is 9.07. The molecule has 1 aliphatic rings. The Morgan fingerprint density at radius 1 is 1.19 bits per heavy atom. The van der Waals surface area contributed by atoms with Gasteiger partial charge in [0.1, 0.15) is 0 Å². The number of benzene rings is 2. The van der Waals surface area contributed by atoms with E-state index in [2.05, 4.69) is 22.3 Å². The first-order valence-corrected chi connectivity index (χ1v) is 9.94. The van der Waals surface area contributed by atoms with E-state index in [-0.39, 0.29) is 23.8 Å². The van der Waals surface area contributed by atoms with Crippen LogP contribution in [0, 0.1) is 0 Å². The zero-order valence-electron chi connectivity index (χ0n) is 15.4. The Labute approximate surface area is 170 Å². The van der Waals surface area contributed by atoms with Crippen molar-refractivity contribution in [3.05, 3.63) is 69.7 Å². The molecule has 0 radical (unpaired) electrons. The molecule has 1 unspecified atom stereocenters. The van der Waals surface area contributed by atoms with Crippen LogP contribution >= 0.6 is 23.2 Å². The molecule has 0 saturated carbocycles. The molecule has 6 heteroatoms. The number of rotatable bonds is 6. The molecule has 1 fully saturated rings. The number of likely N-dealkylation sites (N-methyl/N-ethyl adjacent to an activating group) is 1. The normalized spacial score (nSPS) is 19.6. The smallest absolute Gasteiger partial charge is 0.227 e. The fourth-order valence-electron chi connectivity index (χ4n) is 3.84. The summed E-state index contributed by atoms with van der Waals surface area (Å²) >= 11 is 12.3. The van der Waals surface area contributed by atoms with Gasteiger partial charge < -0.3 is 16.0 Å². The molecular weight excluding hydrogens is 381 g/mol. The number of halogens is 2. The maximum Gasteiger partial charge on any atom is 0.227 e. The van der Waals surface area contributed by atoms with Gasteiger partial charge in [0.25, 0.3) is 0 Å². The van der Waals surface area contributed by atoms with Gasteiger partial charge in [-0.2, -0.15) is 0 Å². The van der Waals surface area contributed by atoms with E-state index < -0.39 is 0 Å². The highest BCUT2D eigenvalue weighted by Gasteiger charge is 2.33. The second-order valence-electron chi connectivity index (χ2n) is 7.09. The summed E-state index contributed by atoms with van der Waals surface area (Å²) in [6.07, 6.45) is 0.985. The van der Waals surface area contributed by atoms with Crippen LogP contribution in [-0.4, -0.2) is 43.5 Å². The highest BCUT2D eigenvalue weighted by molar-refractivity contribution is 6.42. The van der Waals surface area contributed by atoms with Crippen molar-refractivity contribution < 1.29 is 4.79 Å². The van der Waals surface area contributed by atoms with Crippen LogP contribution in [0.5, 0.6) is 0 Å². The minimum Gasteiger partial charge on any atom is -0.359 e. The van der Waals surface area contributed by atoms with Crippen LogP contribution in [0.1, 0.15) is 29.4 Å². The lowest BCUT2D eigenvalue weighted by molar-refractivity contribution is -0.122. The van der Waals surface area contributed by atoms with Crippen molar-refractivity contribution in [1.82, 2.24) is 10.2 Å². The lowest BCUT2D eigenvalue weighted by Crippen LogP contribution is -2.37. The van der Waals surface area contributed by atoms with E-state index in [1.54, 1.807) is 19.2 Å². The first kappa shape index (κ1) is 20.2. The Hall–Kier alpha value is -1.59. The molecule has 1 aliphatic heterocycles. The zero-order chi connectivity index (χ0) is 19.4. The number of nitrogens with one attached hydrogen (secondary N) is 1. The maximum absolute atomic E-state index is 12.9. The predicted molar refractivity (Wildman–Crippen MR) is 111 cm³/mol. The summed E-state index contributed by atoms with van der Waals surface area (Å²) < 4.78 is 0. The Morgan fingerprint density at radius 2 is 1.93 bits per heavy atom. The number of amides is 1. The van der Waals surface area contributed by atoms with E-state index in [0.717, 1.165) is 37.2 Å². The fourth-order valence-corrected chi connectivity index (χ4v) is 4.14. The second-order valence-corrected chi connectivity index (χ2v) is 7.91. The van der Waals surface area contributed by atoms with E-state index in [4.69, 9.17) is 28.9 Å². The van der Waals surface area contributed by atoms with Crippen LogP contribution in [0.2, 0.25) is 10.0 Å². The third kappa shape index (κ3) is 4.82. The molecule has 2 aromatic carbocycles. The van der Waals surface area contributed by atoms with Crippen LogP contribution in [0.3, 0.4) is 0 Å². The molecule has 1 saturated heterocycles. The number of carbonyl (C=O) groups is 1. The van der Waals surface area contributed by atoms with Crippen molar-refractivity contribution in [2.45, 2.75) is 24.3 Å². The summed E-state index contributed by atoms with van der Waals surface area (Å²) in [4.78, 5) is 15.3. The minimum atomic E-state index is -0.371. The highest BCUT2D eigenvalue weighted by atomic mass is 35.5. The third-order valence-corrected chi connectivity index (χ3v) is 5.96. The average Bonchev–Trinajstić information content (AvgIpc) is 3.09. The molecule has 0 bridgehead atoms. The van der Waals surface area contributed by atoms with E-state index in [1.165, 1.54) is 0 Å². The quantitative estimate of drug-likeness (QED) is 0.770. The van der Waals surface area contributed by atoms with Crippen LogP contribution in [0.15, 0.2) is 48.5 Å². The van der Waals surface area contributed by atoms with Gasteiger partial charge in [-0.25, -0.2) is 0 Å². The van der Waals surface area contributed by atoms with E-state index in [1.807, 2.05) is 24.3 Å². The molecule has 3 N–H and O–H groups in total. The van der Waals surface area contributed by atoms with Crippen molar-refractivity contribution in [2.75, 3.05) is 26.7 Å². The van der Waals surface area contributed by atoms with E-state index in [0.29, 0.717) is 10.0 Å². The Bertz CT molecular complexity index is 784. The monoisotopic (exact) mass is 405 g/mol. The first-order valence-electron chi connectivity index (χ1n) is 9.19. The molecule has 2 aromatic rings. The number of hydrogen-bond donors (Lipinski definition) is 2. The molecule has 3 rings (SSSR count). The van der Waals surface area contributed by atoms with Crippen LogP contribution in [0.4, 0.5) is 0 Å². The number of nitrogens with two attached hydrogens (primary N) is 1. The van der Waals surface area contributed by atoms with Crippen LogP contribution in [0.25, 0.3) is 0 Å². The van der Waals surface area contributed by atoms with Crippen LogP contribution < -0.4 is 11.1 Å². The average molecular weight is 406 g/mol. The van der Waals surface area contributed by atoms with Gasteiger partial charge in [-0.05, 0) is 36.2 Å². The number of nitrogens with zero attached hydrogens (tertiary/aromatic N) is 1. The summed E-state index contributed by atoms with van der Waals surface area (Å²) in [5, 5.41) is 3.76. The largest absolute Gasteiger partial charge is 0.359 e. The van der Waals surface area contributed by atoms with Gasteiger partial charge in [0.2, 0.25) is 5.91 Å². The molecule has 0 spiro atoms. The van der Waals surface area contributed by atoms with Gasteiger partial charge in [0.15, 0.2) is 0 Å². The summed E-state index contributed by atoms with van der Waals surface area (Å²) in [7, 11) is 1.67. The van der Waals surface area contributed by atoms with Crippen molar-refractivity contribution in [3.63, 3.8) is 0 Å². The van der Waals surface area contributed by atoms with Gasteiger partial charge in [0.05, 0.1) is 16.0 Å². The van der Waals surface area contributed by atoms with E-state index in [9.17, 15) is 4.79 Å². The number of carbonyl (C=O) groups excluding carboxylic acids is 1. The Morgan fingerprint density at radius 3 is 2.52 bits per heavy atom. The molecule has 144 valence electrons. The van der Waals surface area contributed by atoms with Crippen molar-refractivity contribution in [1.29, 1.82) is 0 Å². The van der Waals surface area contributed by atoms with Crippen molar-refractivity contribution in [2.24, 2.45) is 5.73 Å². The Balaban J connectivity index is 2.01. The molecule has 0 aliphatic carbocycles. The fraction of sp³-hybridized carbons (Fsp3) is 0.381. The molecule has 27 heavy (non-hydrogen) atoms. The summed E-state index contributed by atoms with van der Waals surface area (Å²) in [5.41, 5.74) is 8.08. The van der Waals surface area contributed by atoms with Gasteiger partial charge in [-0.1, -0.05) is 59.6 Å². The lowest BCUT2D eigenvalue weighted by atomic mass is 9.80. The molecule has 1 amide bonds. The van der Waals surface area contributed by atoms with E-state index >= 15 is 0 Å². The van der Waals surface area contributed by atoms with Crippen molar-refractivity contribution >= 4 is 29.1 Å². The predicted octanol–water partition coefficient (Wildman–Crippen LogP) is 3.64. The van der Waals surface area contributed by atoms with Crippen molar-refractivity contribution in [3.8, 4) is 0 Å². The van der Waals surface area contributed by atoms with Gasteiger partial charge in [-0.3, -0.25) is 4.79 Å². The zero-order valence-corrected chi connectivity index (χ0v) is 16.9. The van der Waals surface area contributed by atoms with Gasteiger partial charge in [-0.15, -0.1) is 0 Å². The molecule has 3 atom stereocenters. The Kier molecular flexibility index (Phi) is 6.77. The minimum absolute atomic E-state index is 0.0197. The first-order chi connectivity index (χ1) is 13.0. The summed E-state index contributed by atoms with van der Waals surface area (Å²) in [6.45, 7) is 2.56.